The zero-order valence-electron chi connectivity index (χ0n) is 13.4. The predicted molar refractivity (Wildman–Crippen MR) is 103 cm³/mol. The molecule has 1 aliphatic rings. The second kappa shape index (κ2) is 7.35. The van der Waals surface area contributed by atoms with Crippen LogP contribution in [0.1, 0.15) is 35.4 Å². The van der Waals surface area contributed by atoms with Gasteiger partial charge in [0, 0.05) is 53.5 Å². The van der Waals surface area contributed by atoms with Crippen molar-refractivity contribution in [2.45, 2.75) is 29.2 Å². The Labute approximate surface area is 155 Å². The fourth-order valence-electron chi connectivity index (χ4n) is 3.26. The van der Waals surface area contributed by atoms with Gasteiger partial charge >= 0.3 is 3.93 Å². The molecular formula is C19H21F2IN2. The number of piperidine rings is 1. The van der Waals surface area contributed by atoms with Crippen molar-refractivity contribution < 1.29 is 8.78 Å². The van der Waals surface area contributed by atoms with E-state index in [2.05, 4.69) is 29.2 Å². The summed E-state index contributed by atoms with van der Waals surface area (Å²) in [6.45, 7) is 2.53. The Kier molecular flexibility index (Phi) is 5.39. The maximum Gasteiger partial charge on any atom is 0.321 e. The fourth-order valence-corrected chi connectivity index (χ4v) is 3.62. The standard InChI is InChI=1S/C19H21F2IN2/c20-19(21,22)17-5-3-15(4-6-17)16-9-11-24(12-10-16)18-7-1-14(13-23)2-8-18/h1-8,16H,9-13,23H2. The van der Waals surface area contributed by atoms with E-state index in [0.29, 0.717) is 12.5 Å². The molecule has 2 N–H and O–H groups in total. The number of alkyl halides is 3. The molecule has 3 rings (SSSR count). The highest BCUT2D eigenvalue weighted by molar-refractivity contribution is 14.1. The Morgan fingerprint density at radius 2 is 1.58 bits per heavy atom. The van der Waals surface area contributed by atoms with Gasteiger partial charge in [-0.15, -0.1) is 0 Å². The third-order valence-corrected chi connectivity index (χ3v) is 5.36. The van der Waals surface area contributed by atoms with Crippen LogP contribution in [-0.4, -0.2) is 13.1 Å². The first-order chi connectivity index (χ1) is 11.5. The number of anilines is 1. The van der Waals surface area contributed by atoms with Gasteiger partial charge in [0.1, 0.15) is 0 Å². The number of nitrogens with zero attached hydrogens (tertiary/aromatic N) is 1. The minimum absolute atomic E-state index is 0.0734. The summed E-state index contributed by atoms with van der Waals surface area (Å²) in [5.74, 6) is 0.446. The van der Waals surface area contributed by atoms with Gasteiger partial charge in [0.25, 0.3) is 0 Å². The Hall–Kier alpha value is -1.21. The summed E-state index contributed by atoms with van der Waals surface area (Å²) in [4.78, 5) is 2.38. The summed E-state index contributed by atoms with van der Waals surface area (Å²) in [5, 5.41) is 0. The third-order valence-electron chi connectivity index (χ3n) is 4.74. The molecule has 1 fully saturated rings. The van der Waals surface area contributed by atoms with E-state index in [9.17, 15) is 8.78 Å². The summed E-state index contributed by atoms with van der Waals surface area (Å²) in [5.41, 5.74) is 9.24. The molecule has 5 heteroatoms. The summed E-state index contributed by atoms with van der Waals surface area (Å²) < 4.78 is 23.8. The van der Waals surface area contributed by atoms with Crippen LogP contribution in [0.25, 0.3) is 0 Å². The Balaban J connectivity index is 1.62. The van der Waals surface area contributed by atoms with Gasteiger partial charge in [-0.25, -0.2) is 0 Å². The molecular weight excluding hydrogens is 421 g/mol. The molecule has 0 atom stereocenters. The molecule has 0 spiro atoms. The minimum atomic E-state index is -2.80. The second-order valence-corrected chi connectivity index (χ2v) is 7.61. The lowest BCUT2D eigenvalue weighted by Crippen LogP contribution is -2.32. The van der Waals surface area contributed by atoms with E-state index >= 15 is 0 Å². The Morgan fingerprint density at radius 1 is 1.00 bits per heavy atom. The van der Waals surface area contributed by atoms with Gasteiger partial charge in [-0.3, -0.25) is 0 Å². The smallest absolute Gasteiger partial charge is 0.321 e. The molecule has 0 unspecified atom stereocenters. The average Bonchev–Trinajstić information content (AvgIpc) is 2.61. The number of halogens is 3. The van der Waals surface area contributed by atoms with Gasteiger partial charge in [0.2, 0.25) is 0 Å². The molecule has 0 radical (unpaired) electrons. The van der Waals surface area contributed by atoms with Crippen LogP contribution in [0.5, 0.6) is 0 Å². The quantitative estimate of drug-likeness (QED) is 0.533. The van der Waals surface area contributed by atoms with Gasteiger partial charge in [-0.2, -0.15) is 8.78 Å². The molecule has 0 aliphatic carbocycles. The maximum absolute atomic E-state index is 13.3. The van der Waals surface area contributed by atoms with Gasteiger partial charge in [0.15, 0.2) is 0 Å². The molecule has 2 aromatic rings. The van der Waals surface area contributed by atoms with Crippen molar-refractivity contribution in [1.29, 1.82) is 0 Å². The van der Waals surface area contributed by atoms with Gasteiger partial charge in [-0.05, 0) is 42.0 Å². The van der Waals surface area contributed by atoms with Crippen molar-refractivity contribution in [2.75, 3.05) is 18.0 Å². The molecule has 0 bridgehead atoms. The average molecular weight is 442 g/mol. The van der Waals surface area contributed by atoms with E-state index in [1.165, 1.54) is 28.3 Å². The van der Waals surface area contributed by atoms with Crippen LogP contribution >= 0.6 is 22.6 Å². The minimum Gasteiger partial charge on any atom is -0.371 e. The largest absolute Gasteiger partial charge is 0.371 e. The first-order valence-corrected chi connectivity index (χ1v) is 9.26. The summed E-state index contributed by atoms with van der Waals surface area (Å²) in [7, 11) is 0. The molecule has 2 nitrogen and oxygen atoms in total. The molecule has 1 saturated heterocycles. The van der Waals surface area contributed by atoms with Crippen LogP contribution in [-0.2, 0) is 10.5 Å². The molecule has 1 aliphatic heterocycles. The highest BCUT2D eigenvalue weighted by Crippen LogP contribution is 2.37. The van der Waals surface area contributed by atoms with Crippen molar-refractivity contribution in [1.82, 2.24) is 0 Å². The normalized spacial score (nSPS) is 16.4. The molecule has 1 heterocycles. The lowest BCUT2D eigenvalue weighted by atomic mass is 9.89. The lowest BCUT2D eigenvalue weighted by molar-refractivity contribution is 0.127. The van der Waals surface area contributed by atoms with Crippen molar-refractivity contribution >= 4 is 28.3 Å². The van der Waals surface area contributed by atoms with Crippen molar-refractivity contribution in [3.05, 3.63) is 65.2 Å². The Bertz CT molecular complexity index is 657. The fraction of sp³-hybridized carbons (Fsp3) is 0.368. The van der Waals surface area contributed by atoms with Crippen molar-refractivity contribution in [3.63, 3.8) is 0 Å². The summed E-state index contributed by atoms with van der Waals surface area (Å²) >= 11 is 1.17. The third kappa shape index (κ3) is 4.06. The first-order valence-electron chi connectivity index (χ1n) is 8.18. The van der Waals surface area contributed by atoms with Crippen LogP contribution in [0.2, 0.25) is 0 Å². The lowest BCUT2D eigenvalue weighted by Gasteiger charge is -2.34. The number of hydrogen-bond donors (Lipinski definition) is 1. The van der Waals surface area contributed by atoms with Crippen LogP contribution in [0, 0.1) is 0 Å². The molecule has 0 aromatic heterocycles. The maximum atomic E-state index is 13.3. The van der Waals surface area contributed by atoms with Gasteiger partial charge in [-0.1, -0.05) is 36.4 Å². The van der Waals surface area contributed by atoms with Crippen molar-refractivity contribution in [2.24, 2.45) is 5.73 Å². The van der Waals surface area contributed by atoms with Crippen LogP contribution in [0.4, 0.5) is 14.5 Å². The van der Waals surface area contributed by atoms with Crippen LogP contribution in [0.3, 0.4) is 0 Å². The van der Waals surface area contributed by atoms with E-state index in [1.807, 2.05) is 12.1 Å². The summed E-state index contributed by atoms with van der Waals surface area (Å²) in [6, 6.07) is 15.2. The van der Waals surface area contributed by atoms with E-state index in [-0.39, 0.29) is 5.56 Å². The molecule has 128 valence electrons. The number of nitrogens with two attached hydrogens (primary N) is 1. The topological polar surface area (TPSA) is 29.3 Å². The monoisotopic (exact) mass is 442 g/mol. The zero-order valence-corrected chi connectivity index (χ0v) is 15.5. The highest BCUT2D eigenvalue weighted by Gasteiger charge is 2.27. The highest BCUT2D eigenvalue weighted by atomic mass is 127. The van der Waals surface area contributed by atoms with Crippen LogP contribution < -0.4 is 10.6 Å². The molecule has 24 heavy (non-hydrogen) atoms. The molecule has 0 amide bonds. The van der Waals surface area contributed by atoms with Crippen LogP contribution in [0.15, 0.2) is 48.5 Å². The number of hydrogen-bond acceptors (Lipinski definition) is 2. The zero-order chi connectivity index (χ0) is 17.2. The summed E-state index contributed by atoms with van der Waals surface area (Å²) in [6.07, 6.45) is 2.08. The van der Waals surface area contributed by atoms with Crippen molar-refractivity contribution in [3.8, 4) is 0 Å². The number of rotatable bonds is 4. The molecule has 2 aromatic carbocycles. The Morgan fingerprint density at radius 3 is 2.08 bits per heavy atom. The molecule has 0 saturated carbocycles. The van der Waals surface area contributed by atoms with E-state index in [1.54, 1.807) is 12.1 Å². The van der Waals surface area contributed by atoms with E-state index < -0.39 is 3.93 Å². The second-order valence-electron chi connectivity index (χ2n) is 6.25. The van der Waals surface area contributed by atoms with Gasteiger partial charge < -0.3 is 10.6 Å². The predicted octanol–water partition coefficient (Wildman–Crippen LogP) is 5.01. The number of benzene rings is 2. The van der Waals surface area contributed by atoms with E-state index in [0.717, 1.165) is 37.1 Å². The SMILES string of the molecule is NCc1ccc(N2CCC(c3ccc(C(F)(F)I)cc3)CC2)cc1. The van der Waals surface area contributed by atoms with Gasteiger partial charge in [0.05, 0.1) is 0 Å². The van der Waals surface area contributed by atoms with E-state index in [4.69, 9.17) is 5.73 Å². The first kappa shape index (κ1) is 17.6.